The van der Waals surface area contributed by atoms with E-state index in [-0.39, 0.29) is 19.3 Å². The summed E-state index contributed by atoms with van der Waals surface area (Å²) in [5.41, 5.74) is 4.03. The molecule has 1 aromatic carbocycles. The third-order valence-electron chi connectivity index (χ3n) is 4.44. The van der Waals surface area contributed by atoms with Crippen molar-refractivity contribution in [1.29, 1.82) is 0 Å². The van der Waals surface area contributed by atoms with Crippen molar-refractivity contribution in [1.82, 2.24) is 14.7 Å². The van der Waals surface area contributed by atoms with Crippen LogP contribution in [0, 0.1) is 13.8 Å². The molecule has 0 bridgehead atoms. The van der Waals surface area contributed by atoms with Gasteiger partial charge in [-0.2, -0.15) is 5.10 Å². The van der Waals surface area contributed by atoms with Crippen LogP contribution in [0.5, 0.6) is 11.5 Å². The molecule has 0 fully saturated rings. The zero-order chi connectivity index (χ0) is 18.0. The van der Waals surface area contributed by atoms with Gasteiger partial charge in [0.1, 0.15) is 6.61 Å². The van der Waals surface area contributed by atoms with E-state index in [2.05, 4.69) is 5.10 Å². The smallest absolute Gasteiger partial charge is 0.249 e. The molecular formula is C18H23N3O4. The number of ether oxygens (including phenoxy) is 3. The highest BCUT2D eigenvalue weighted by molar-refractivity contribution is 5.77. The molecular weight excluding hydrogens is 322 g/mol. The van der Waals surface area contributed by atoms with Gasteiger partial charge >= 0.3 is 0 Å². The second-order valence-electron chi connectivity index (χ2n) is 6.14. The quantitative estimate of drug-likeness (QED) is 0.800. The van der Waals surface area contributed by atoms with Crippen molar-refractivity contribution in [2.75, 3.05) is 20.5 Å². The summed E-state index contributed by atoms with van der Waals surface area (Å²) in [6.07, 6.45) is 0. The molecule has 1 aliphatic rings. The first-order valence-corrected chi connectivity index (χ1v) is 8.14. The molecule has 0 N–H and O–H groups in total. The fourth-order valence-corrected chi connectivity index (χ4v) is 2.94. The topological polar surface area (TPSA) is 65.8 Å². The van der Waals surface area contributed by atoms with Crippen LogP contribution in [-0.4, -0.2) is 41.1 Å². The van der Waals surface area contributed by atoms with Crippen LogP contribution in [-0.2, 0) is 29.7 Å². The maximum Gasteiger partial charge on any atom is 0.249 e. The number of benzene rings is 1. The minimum Gasteiger partial charge on any atom is -0.454 e. The van der Waals surface area contributed by atoms with Gasteiger partial charge in [0.15, 0.2) is 11.5 Å². The lowest BCUT2D eigenvalue weighted by molar-refractivity contribution is -0.136. The molecule has 0 spiro atoms. The van der Waals surface area contributed by atoms with E-state index in [4.69, 9.17) is 14.2 Å². The summed E-state index contributed by atoms with van der Waals surface area (Å²) >= 11 is 0. The number of amides is 1. The fraction of sp³-hybridized carbons (Fsp3) is 0.444. The predicted molar refractivity (Wildman–Crippen MR) is 91.4 cm³/mol. The second kappa shape index (κ2) is 7.14. The molecule has 2 heterocycles. The highest BCUT2D eigenvalue weighted by Gasteiger charge is 2.20. The van der Waals surface area contributed by atoms with Crippen molar-refractivity contribution in [3.05, 3.63) is 40.7 Å². The van der Waals surface area contributed by atoms with Gasteiger partial charge in [0.05, 0.1) is 5.69 Å². The lowest BCUT2D eigenvalue weighted by atomic mass is 10.1. The van der Waals surface area contributed by atoms with E-state index in [0.717, 1.165) is 28.3 Å². The molecule has 0 unspecified atom stereocenters. The van der Waals surface area contributed by atoms with Gasteiger partial charge < -0.3 is 19.1 Å². The summed E-state index contributed by atoms with van der Waals surface area (Å²) in [6, 6.07) is 5.74. The summed E-state index contributed by atoms with van der Waals surface area (Å²) in [5.74, 6) is 1.38. The molecule has 7 heteroatoms. The minimum absolute atomic E-state index is 0.0446. The number of rotatable bonds is 6. The summed E-state index contributed by atoms with van der Waals surface area (Å²) in [7, 11) is 3.43. The number of aromatic nitrogens is 2. The largest absolute Gasteiger partial charge is 0.454 e. The number of fused-ring (bicyclic) bond motifs is 1. The predicted octanol–water partition coefficient (Wildman–Crippen LogP) is 1.94. The molecule has 3 rings (SSSR count). The number of hydrogen-bond acceptors (Lipinski definition) is 5. The first-order valence-electron chi connectivity index (χ1n) is 8.14. The molecule has 0 radical (unpaired) electrons. The standard InChI is InChI=1S/C18H23N3O4/c1-12-15(13(2)20(3)19-12)9-21(18(22)10-23-4)8-14-5-6-16-17(7-14)25-11-24-16/h5-7H,8-11H2,1-4H3. The van der Waals surface area contributed by atoms with Gasteiger partial charge in [-0.05, 0) is 31.5 Å². The number of carbonyl (C=O) groups is 1. The molecule has 0 atom stereocenters. The van der Waals surface area contributed by atoms with Gasteiger partial charge in [0, 0.05) is 38.5 Å². The maximum atomic E-state index is 12.5. The van der Waals surface area contributed by atoms with Crippen LogP contribution >= 0.6 is 0 Å². The minimum atomic E-state index is -0.0668. The van der Waals surface area contributed by atoms with Gasteiger partial charge in [0.2, 0.25) is 12.7 Å². The molecule has 0 saturated heterocycles. The Balaban J connectivity index is 1.83. The van der Waals surface area contributed by atoms with E-state index >= 15 is 0 Å². The Morgan fingerprint density at radius 2 is 2.04 bits per heavy atom. The number of methoxy groups -OCH3 is 1. The molecule has 0 aliphatic carbocycles. The van der Waals surface area contributed by atoms with Gasteiger partial charge in [-0.1, -0.05) is 6.07 Å². The van der Waals surface area contributed by atoms with Crippen molar-refractivity contribution in [2.24, 2.45) is 7.05 Å². The van der Waals surface area contributed by atoms with E-state index in [1.54, 1.807) is 4.90 Å². The van der Waals surface area contributed by atoms with Crippen LogP contribution in [0.1, 0.15) is 22.5 Å². The lowest BCUT2D eigenvalue weighted by Gasteiger charge is -2.23. The lowest BCUT2D eigenvalue weighted by Crippen LogP contribution is -2.33. The number of nitrogens with zero attached hydrogens (tertiary/aromatic N) is 3. The molecule has 134 valence electrons. The van der Waals surface area contributed by atoms with Gasteiger partial charge in [0.25, 0.3) is 0 Å². The van der Waals surface area contributed by atoms with Crippen molar-refractivity contribution in [2.45, 2.75) is 26.9 Å². The molecule has 1 aliphatic heterocycles. The Morgan fingerprint density at radius 1 is 1.28 bits per heavy atom. The summed E-state index contributed by atoms with van der Waals surface area (Å²) in [5, 5.41) is 4.43. The van der Waals surface area contributed by atoms with Crippen molar-refractivity contribution >= 4 is 5.91 Å². The second-order valence-corrected chi connectivity index (χ2v) is 6.14. The zero-order valence-electron chi connectivity index (χ0n) is 15.0. The van der Waals surface area contributed by atoms with Crippen LogP contribution < -0.4 is 9.47 Å². The Hall–Kier alpha value is -2.54. The Bertz CT molecular complexity index is 785. The van der Waals surface area contributed by atoms with E-state index in [0.29, 0.717) is 18.8 Å². The molecule has 2 aromatic rings. The fourth-order valence-electron chi connectivity index (χ4n) is 2.94. The maximum absolute atomic E-state index is 12.5. The van der Waals surface area contributed by atoms with E-state index < -0.39 is 0 Å². The van der Waals surface area contributed by atoms with Gasteiger partial charge in [-0.15, -0.1) is 0 Å². The molecule has 25 heavy (non-hydrogen) atoms. The highest BCUT2D eigenvalue weighted by atomic mass is 16.7. The zero-order valence-corrected chi connectivity index (χ0v) is 15.0. The van der Waals surface area contributed by atoms with Gasteiger partial charge in [-0.25, -0.2) is 0 Å². The van der Waals surface area contributed by atoms with Crippen molar-refractivity contribution in [3.63, 3.8) is 0 Å². The highest BCUT2D eigenvalue weighted by Crippen LogP contribution is 2.33. The molecule has 1 aromatic heterocycles. The van der Waals surface area contributed by atoms with Crippen molar-refractivity contribution in [3.8, 4) is 11.5 Å². The van der Waals surface area contributed by atoms with Gasteiger partial charge in [-0.3, -0.25) is 9.48 Å². The van der Waals surface area contributed by atoms with Crippen LogP contribution in [0.2, 0.25) is 0 Å². The first kappa shape index (κ1) is 17.3. The SMILES string of the molecule is COCC(=O)N(Cc1ccc2c(c1)OCO2)Cc1c(C)nn(C)c1C. The van der Waals surface area contributed by atoms with Crippen molar-refractivity contribution < 1.29 is 19.0 Å². The third-order valence-corrected chi connectivity index (χ3v) is 4.44. The Morgan fingerprint density at radius 3 is 2.72 bits per heavy atom. The van der Waals surface area contributed by atoms with Crippen LogP contribution in [0.4, 0.5) is 0 Å². The average molecular weight is 345 g/mol. The normalized spacial score (nSPS) is 12.5. The van der Waals surface area contributed by atoms with Crippen LogP contribution in [0.25, 0.3) is 0 Å². The van der Waals surface area contributed by atoms with E-state index in [9.17, 15) is 4.79 Å². The summed E-state index contributed by atoms with van der Waals surface area (Å²) < 4.78 is 17.6. The monoisotopic (exact) mass is 345 g/mol. The van der Waals surface area contributed by atoms with E-state index in [1.165, 1.54) is 7.11 Å². The third kappa shape index (κ3) is 3.61. The number of carbonyl (C=O) groups excluding carboxylic acids is 1. The number of aryl methyl sites for hydroxylation is 2. The molecule has 0 saturated carbocycles. The summed E-state index contributed by atoms with van der Waals surface area (Å²) in [6.45, 7) is 5.20. The van der Waals surface area contributed by atoms with Crippen LogP contribution in [0.3, 0.4) is 0 Å². The Labute approximate surface area is 147 Å². The van der Waals surface area contributed by atoms with Crippen LogP contribution in [0.15, 0.2) is 18.2 Å². The average Bonchev–Trinajstić information content (AvgIpc) is 3.13. The molecule has 7 nitrogen and oxygen atoms in total. The number of hydrogen-bond donors (Lipinski definition) is 0. The first-order chi connectivity index (χ1) is 12.0. The summed E-state index contributed by atoms with van der Waals surface area (Å²) in [4.78, 5) is 14.3. The van der Waals surface area contributed by atoms with E-state index in [1.807, 2.05) is 43.8 Å². The molecule has 1 amide bonds. The Kier molecular flexibility index (Phi) is 4.94.